The highest BCUT2D eigenvalue weighted by Gasteiger charge is 2.28. The molecular weight excluding hydrogens is 1060 g/mol. The first kappa shape index (κ1) is 72.2. The summed E-state index contributed by atoms with van der Waals surface area (Å²) in [6.45, 7) is 1.26. The molecular formula is C47H86N18O15. The molecule has 0 saturated carbocycles. The van der Waals surface area contributed by atoms with Crippen LogP contribution in [0.15, 0.2) is 4.99 Å². The number of nitrogens with one attached hydrogen (secondary N) is 12. The Morgan fingerprint density at radius 3 is 1.19 bits per heavy atom. The van der Waals surface area contributed by atoms with Crippen LogP contribution in [0.25, 0.3) is 0 Å². The summed E-state index contributed by atoms with van der Waals surface area (Å²) in [5.41, 5.74) is 27.2. The molecule has 0 aliphatic rings. The molecule has 0 rings (SSSR count). The van der Waals surface area contributed by atoms with Crippen molar-refractivity contribution < 1.29 is 72.5 Å². The van der Waals surface area contributed by atoms with E-state index >= 15 is 0 Å². The molecule has 0 spiro atoms. The third-order valence-corrected chi connectivity index (χ3v) is 11.2. The van der Waals surface area contributed by atoms with Gasteiger partial charge in [0, 0.05) is 20.0 Å². The van der Waals surface area contributed by atoms with Crippen molar-refractivity contribution in [3.8, 4) is 0 Å². The molecule has 80 heavy (non-hydrogen) atoms. The lowest BCUT2D eigenvalue weighted by atomic mass is 10.0. The fourth-order valence-electron chi connectivity index (χ4n) is 7.01. The summed E-state index contributed by atoms with van der Waals surface area (Å²) >= 11 is 0. The molecule has 454 valence electrons. The number of unbranched alkanes of at least 4 members (excludes halogenated alkanes) is 3. The van der Waals surface area contributed by atoms with Gasteiger partial charge in [-0.2, -0.15) is 0 Å². The van der Waals surface area contributed by atoms with E-state index in [4.69, 9.17) is 33.8 Å². The van der Waals surface area contributed by atoms with Gasteiger partial charge in [0.2, 0.25) is 70.9 Å². The Kier molecular flexibility index (Phi) is 38.1. The van der Waals surface area contributed by atoms with E-state index in [1.165, 1.54) is 6.92 Å². The fraction of sp³-hybridized carbons (Fsp3) is 0.702. The summed E-state index contributed by atoms with van der Waals surface area (Å²) < 4.78 is 0. The summed E-state index contributed by atoms with van der Waals surface area (Å²) in [4.78, 5) is 169. The number of guanidine groups is 1. The van der Waals surface area contributed by atoms with E-state index < -0.39 is 153 Å². The van der Waals surface area contributed by atoms with Crippen LogP contribution in [-0.4, -0.2) is 201 Å². The van der Waals surface area contributed by atoms with E-state index in [2.05, 4.69) is 68.8 Å². The van der Waals surface area contributed by atoms with Gasteiger partial charge in [0.1, 0.15) is 36.3 Å². The second-order valence-corrected chi connectivity index (χ2v) is 18.7. The van der Waals surface area contributed by atoms with Crippen LogP contribution in [0.4, 0.5) is 0 Å². The second-order valence-electron chi connectivity index (χ2n) is 18.7. The number of aliphatic hydroxyl groups excluding tert-OH is 1. The highest BCUT2D eigenvalue weighted by Crippen LogP contribution is 2.07. The van der Waals surface area contributed by atoms with E-state index in [9.17, 15) is 67.4 Å². The Labute approximate surface area is 463 Å². The third-order valence-electron chi connectivity index (χ3n) is 11.2. The van der Waals surface area contributed by atoms with Crippen LogP contribution >= 0.6 is 0 Å². The topological polar surface area (TPSA) is 549 Å². The number of rotatable bonds is 43. The van der Waals surface area contributed by atoms with E-state index in [1.54, 1.807) is 13.8 Å². The van der Waals surface area contributed by atoms with Gasteiger partial charge in [-0.05, 0) is 96.1 Å². The van der Waals surface area contributed by atoms with Crippen molar-refractivity contribution in [1.82, 2.24) is 63.8 Å². The van der Waals surface area contributed by atoms with Crippen LogP contribution in [0.1, 0.15) is 97.8 Å². The SMILES string of the molecule is CC(=O)NCCCC[C@H](NC(=O)CNC(=O)CNC(=O)[C@H](CCCCN)NC(=O)CNC(=O)[C@H](CCCN=C(N)N)NC(=O)CNC(=O)[C@@H](N)CO)C(=O)NCC(=O)N[C@@H](CC(C)C)C(=O)NCC(=O)N[C@@H](CCCCN)C(=O)O. The molecule has 0 aliphatic carbocycles. The normalized spacial score (nSPS) is 12.9. The van der Waals surface area contributed by atoms with Gasteiger partial charge in [0.05, 0.1) is 45.9 Å². The summed E-state index contributed by atoms with van der Waals surface area (Å²) in [7, 11) is 0. The number of carbonyl (C=O) groups excluding carboxylic acids is 12. The van der Waals surface area contributed by atoms with Crippen molar-refractivity contribution in [3.05, 3.63) is 0 Å². The van der Waals surface area contributed by atoms with Crippen molar-refractivity contribution >= 4 is 82.8 Å². The number of carboxylic acids is 1. The maximum Gasteiger partial charge on any atom is 0.326 e. The molecule has 33 nitrogen and oxygen atoms in total. The minimum Gasteiger partial charge on any atom is -0.480 e. The van der Waals surface area contributed by atoms with Crippen LogP contribution in [-0.2, 0) is 62.3 Å². The second kappa shape index (κ2) is 42.2. The Hall–Kier alpha value is -7.78. The van der Waals surface area contributed by atoms with Crippen LogP contribution in [0.2, 0.25) is 0 Å². The van der Waals surface area contributed by atoms with E-state index in [1.807, 2.05) is 0 Å². The number of carboxylic acid groups (broad SMARTS) is 1. The Balaban J connectivity index is 5.64. The summed E-state index contributed by atoms with van der Waals surface area (Å²) in [5, 5.41) is 47.3. The number of aliphatic hydroxyl groups is 1. The molecule has 24 N–H and O–H groups in total. The van der Waals surface area contributed by atoms with Gasteiger partial charge >= 0.3 is 5.97 Å². The number of hydrogen-bond acceptors (Lipinski definition) is 18. The molecule has 12 amide bonds. The molecule has 6 atom stereocenters. The number of carbonyl (C=O) groups is 13. The number of aliphatic carboxylic acids is 1. The Morgan fingerprint density at radius 2 is 0.800 bits per heavy atom. The molecule has 0 fully saturated rings. The highest BCUT2D eigenvalue weighted by molar-refractivity contribution is 5.96. The summed E-state index contributed by atoms with van der Waals surface area (Å²) in [6.07, 6.45) is 3.01. The smallest absolute Gasteiger partial charge is 0.326 e. The molecule has 0 aliphatic heterocycles. The van der Waals surface area contributed by atoms with Gasteiger partial charge in [0.25, 0.3) is 0 Å². The molecule has 0 aromatic carbocycles. The predicted octanol–water partition coefficient (Wildman–Crippen LogP) is -8.82. The lowest BCUT2D eigenvalue weighted by Gasteiger charge is -2.22. The average molecular weight is 1140 g/mol. The molecule has 0 bridgehead atoms. The Morgan fingerprint density at radius 1 is 0.450 bits per heavy atom. The number of amides is 12. The number of nitrogens with zero attached hydrogens (tertiary/aromatic N) is 1. The quantitative estimate of drug-likeness (QED) is 0.0153. The number of hydrogen-bond donors (Lipinski definition) is 19. The molecule has 0 radical (unpaired) electrons. The molecule has 0 aromatic heterocycles. The lowest BCUT2D eigenvalue weighted by molar-refractivity contribution is -0.142. The van der Waals surface area contributed by atoms with Crippen LogP contribution < -0.4 is 92.5 Å². The first-order valence-electron chi connectivity index (χ1n) is 26.2. The zero-order valence-corrected chi connectivity index (χ0v) is 45.8. The van der Waals surface area contributed by atoms with Gasteiger partial charge in [-0.25, -0.2) is 4.79 Å². The van der Waals surface area contributed by atoms with Gasteiger partial charge in [-0.3, -0.25) is 62.5 Å². The van der Waals surface area contributed by atoms with Crippen molar-refractivity contribution in [2.45, 2.75) is 134 Å². The molecule has 0 saturated heterocycles. The molecule has 33 heteroatoms. The van der Waals surface area contributed by atoms with Crippen LogP contribution in [0, 0.1) is 5.92 Å². The minimum absolute atomic E-state index is 0.0138. The first-order valence-corrected chi connectivity index (χ1v) is 26.2. The number of nitrogens with two attached hydrogens (primary N) is 5. The lowest BCUT2D eigenvalue weighted by Crippen LogP contribution is -2.54. The zero-order chi connectivity index (χ0) is 60.6. The van der Waals surface area contributed by atoms with Crippen LogP contribution in [0.3, 0.4) is 0 Å². The van der Waals surface area contributed by atoms with Gasteiger partial charge in [-0.1, -0.05) is 13.8 Å². The fourth-order valence-corrected chi connectivity index (χ4v) is 7.01. The third kappa shape index (κ3) is 35.6. The molecule has 0 heterocycles. The summed E-state index contributed by atoms with van der Waals surface area (Å²) in [5.74, 6) is -10.8. The van der Waals surface area contributed by atoms with Gasteiger partial charge in [-0.15, -0.1) is 0 Å². The molecule has 0 aromatic rings. The maximum atomic E-state index is 13.4. The first-order chi connectivity index (χ1) is 37.8. The van der Waals surface area contributed by atoms with Crippen molar-refractivity contribution in [2.24, 2.45) is 39.6 Å². The van der Waals surface area contributed by atoms with Gasteiger partial charge < -0.3 is 103 Å². The minimum atomic E-state index is -1.29. The maximum absolute atomic E-state index is 13.4. The van der Waals surface area contributed by atoms with Crippen molar-refractivity contribution in [1.29, 1.82) is 0 Å². The van der Waals surface area contributed by atoms with E-state index in [-0.39, 0.29) is 75.9 Å². The van der Waals surface area contributed by atoms with Crippen molar-refractivity contribution in [3.63, 3.8) is 0 Å². The number of aliphatic imine (C=N–C) groups is 1. The Bertz CT molecular complexity index is 2080. The summed E-state index contributed by atoms with van der Waals surface area (Å²) in [6, 6.07) is -7.39. The van der Waals surface area contributed by atoms with Crippen molar-refractivity contribution in [2.75, 3.05) is 72.1 Å². The highest BCUT2D eigenvalue weighted by atomic mass is 16.4. The van der Waals surface area contributed by atoms with Crippen LogP contribution in [0.5, 0.6) is 0 Å². The monoisotopic (exact) mass is 1140 g/mol. The van der Waals surface area contributed by atoms with E-state index in [0.29, 0.717) is 45.1 Å². The predicted molar refractivity (Wildman–Crippen MR) is 288 cm³/mol. The molecule has 0 unspecified atom stereocenters. The average Bonchev–Trinajstić information content (AvgIpc) is 3.40. The van der Waals surface area contributed by atoms with E-state index in [0.717, 1.165) is 0 Å². The van der Waals surface area contributed by atoms with Gasteiger partial charge in [0.15, 0.2) is 5.96 Å². The standard InChI is InChI=1S/C47H86N18O15/c1-27(2)19-34(45(78)60-24-39(72)64-33(46(79)80)13-5-8-16-49)65-40(73)25-59-43(76)31(12-6-9-17-53-28(3)67)61-36(69)21-55-35(68)20-57-42(75)30(11-4-7-15-48)62-38(71)23-58-44(77)32(14-10-18-54-47(51)52)63-37(70)22-56-41(74)29(50)26-66/h27,29-34,66H,4-26,48-50H2,1-3H3,(H,53,67)(H,55,68)(H,56,74)(H,57,75)(H,58,77)(H,59,76)(H,60,78)(H,61,69)(H,62,71)(H,63,70)(H,64,72)(H,65,73)(H,79,80)(H4,51,52,54)/t29-,30-,31-,32-,33-,34-/m0/s1. The largest absolute Gasteiger partial charge is 0.480 e. The zero-order valence-electron chi connectivity index (χ0n) is 45.8.